The predicted octanol–water partition coefficient (Wildman–Crippen LogP) is 3.01. The number of carbonyl (C=O) groups excluding carboxylic acids is 1. The first-order valence-electron chi connectivity index (χ1n) is 6.05. The van der Waals surface area contributed by atoms with Gasteiger partial charge in [0, 0.05) is 0 Å². The molecule has 3 N–H and O–H groups in total. The fraction of sp³-hybridized carbons (Fsp3) is 0.462. The molecule has 0 heterocycles. The van der Waals surface area contributed by atoms with Crippen LogP contribution in [0.1, 0.15) is 20.3 Å². The van der Waals surface area contributed by atoms with Gasteiger partial charge in [0.1, 0.15) is 5.82 Å². The fourth-order valence-electron chi connectivity index (χ4n) is 1.69. The number of halogens is 2. The van der Waals surface area contributed by atoms with E-state index in [1.807, 2.05) is 13.8 Å². The molecule has 1 aromatic rings. The number of urea groups is 1. The van der Waals surface area contributed by atoms with E-state index in [4.69, 9.17) is 16.7 Å². The molecule has 0 unspecified atom stereocenters. The van der Waals surface area contributed by atoms with Crippen LogP contribution in [0, 0.1) is 11.7 Å². The quantitative estimate of drug-likeness (QED) is 0.780. The summed E-state index contributed by atoms with van der Waals surface area (Å²) in [5, 5.41) is 14.5. The second-order valence-corrected chi connectivity index (χ2v) is 5.14. The number of nitrogens with one attached hydrogen (secondary N) is 2. The van der Waals surface area contributed by atoms with Gasteiger partial charge in [0.05, 0.1) is 23.4 Å². The highest BCUT2D eigenvalue weighted by Gasteiger charge is 2.14. The highest BCUT2D eigenvalue weighted by molar-refractivity contribution is 6.33. The lowest BCUT2D eigenvalue weighted by Crippen LogP contribution is -2.41. The smallest absolute Gasteiger partial charge is 0.319 e. The average molecular weight is 289 g/mol. The maximum atomic E-state index is 13.0. The van der Waals surface area contributed by atoms with E-state index in [0.717, 1.165) is 6.07 Å². The van der Waals surface area contributed by atoms with E-state index in [0.29, 0.717) is 12.3 Å². The summed E-state index contributed by atoms with van der Waals surface area (Å²) >= 11 is 5.84. The molecule has 19 heavy (non-hydrogen) atoms. The van der Waals surface area contributed by atoms with Crippen molar-refractivity contribution in [1.29, 1.82) is 0 Å². The molecule has 0 aliphatic heterocycles. The predicted molar refractivity (Wildman–Crippen MR) is 73.9 cm³/mol. The summed E-state index contributed by atoms with van der Waals surface area (Å²) < 4.78 is 13.0. The van der Waals surface area contributed by atoms with Crippen molar-refractivity contribution >= 4 is 23.3 Å². The van der Waals surface area contributed by atoms with E-state index < -0.39 is 11.8 Å². The largest absolute Gasteiger partial charge is 0.394 e. The summed E-state index contributed by atoms with van der Waals surface area (Å²) in [5.74, 6) is -0.143. The Morgan fingerprint density at radius 3 is 2.74 bits per heavy atom. The lowest BCUT2D eigenvalue weighted by Gasteiger charge is -2.18. The Bertz CT molecular complexity index is 441. The number of rotatable bonds is 5. The maximum absolute atomic E-state index is 13.0. The molecule has 0 aliphatic carbocycles. The van der Waals surface area contributed by atoms with Gasteiger partial charge in [-0.1, -0.05) is 25.4 Å². The van der Waals surface area contributed by atoms with Crippen LogP contribution < -0.4 is 10.6 Å². The molecule has 0 aromatic heterocycles. The lowest BCUT2D eigenvalue weighted by molar-refractivity contribution is 0.214. The van der Waals surface area contributed by atoms with E-state index in [9.17, 15) is 9.18 Å². The standard InChI is InChI=1S/C13H18ClFN2O2/c1-8(2)5-10(7-18)16-13(19)17-12-6-9(15)3-4-11(12)14/h3-4,6,8,10,18H,5,7H2,1-2H3,(H2,16,17,19)/t10-/m0/s1. The topological polar surface area (TPSA) is 61.4 Å². The third-order valence-corrected chi connectivity index (χ3v) is 2.82. The molecule has 0 fully saturated rings. The number of hydrogen-bond donors (Lipinski definition) is 3. The molecule has 0 saturated heterocycles. The third kappa shape index (κ3) is 5.44. The van der Waals surface area contributed by atoms with Crippen LogP contribution in [-0.4, -0.2) is 23.8 Å². The zero-order chi connectivity index (χ0) is 14.4. The van der Waals surface area contributed by atoms with Crippen molar-refractivity contribution in [1.82, 2.24) is 5.32 Å². The van der Waals surface area contributed by atoms with Crippen LogP contribution in [0.3, 0.4) is 0 Å². The fourth-order valence-corrected chi connectivity index (χ4v) is 1.85. The lowest BCUT2D eigenvalue weighted by atomic mass is 10.0. The van der Waals surface area contributed by atoms with Gasteiger partial charge in [-0.05, 0) is 30.5 Å². The maximum Gasteiger partial charge on any atom is 0.319 e. The zero-order valence-corrected chi connectivity index (χ0v) is 11.7. The van der Waals surface area contributed by atoms with E-state index in [-0.39, 0.29) is 23.4 Å². The van der Waals surface area contributed by atoms with Gasteiger partial charge in [0.15, 0.2) is 0 Å². The zero-order valence-electron chi connectivity index (χ0n) is 10.9. The Morgan fingerprint density at radius 2 is 2.16 bits per heavy atom. The number of aliphatic hydroxyl groups is 1. The SMILES string of the molecule is CC(C)C[C@@H](CO)NC(=O)Nc1cc(F)ccc1Cl. The van der Waals surface area contributed by atoms with Crippen LogP contribution in [0.2, 0.25) is 5.02 Å². The van der Waals surface area contributed by atoms with Gasteiger partial charge in [-0.3, -0.25) is 0 Å². The van der Waals surface area contributed by atoms with Crippen molar-refractivity contribution in [2.24, 2.45) is 5.92 Å². The van der Waals surface area contributed by atoms with Crippen LogP contribution in [0.15, 0.2) is 18.2 Å². The molecule has 1 aromatic carbocycles. The molecule has 6 heteroatoms. The Hall–Kier alpha value is -1.33. The van der Waals surface area contributed by atoms with Crippen LogP contribution in [0.4, 0.5) is 14.9 Å². The minimum absolute atomic E-state index is 0.150. The molecular formula is C13H18ClFN2O2. The number of amides is 2. The number of benzene rings is 1. The van der Waals surface area contributed by atoms with E-state index >= 15 is 0 Å². The summed E-state index contributed by atoms with van der Waals surface area (Å²) in [6.07, 6.45) is 0.654. The Labute approximate surface area is 117 Å². The number of aliphatic hydroxyl groups excluding tert-OH is 1. The second-order valence-electron chi connectivity index (χ2n) is 4.73. The van der Waals surface area contributed by atoms with Crippen molar-refractivity contribution in [2.45, 2.75) is 26.3 Å². The molecular weight excluding hydrogens is 271 g/mol. The van der Waals surface area contributed by atoms with Crippen molar-refractivity contribution in [3.8, 4) is 0 Å². The van der Waals surface area contributed by atoms with Crippen molar-refractivity contribution in [3.05, 3.63) is 29.0 Å². The first-order valence-corrected chi connectivity index (χ1v) is 6.43. The Balaban J connectivity index is 2.61. The van der Waals surface area contributed by atoms with Gasteiger partial charge in [-0.2, -0.15) is 0 Å². The van der Waals surface area contributed by atoms with Crippen LogP contribution in [-0.2, 0) is 0 Å². The minimum Gasteiger partial charge on any atom is -0.394 e. The monoisotopic (exact) mass is 288 g/mol. The van der Waals surface area contributed by atoms with Crippen molar-refractivity contribution in [2.75, 3.05) is 11.9 Å². The van der Waals surface area contributed by atoms with Gasteiger partial charge < -0.3 is 15.7 Å². The average Bonchev–Trinajstić information content (AvgIpc) is 2.32. The first kappa shape index (κ1) is 15.7. The molecule has 0 saturated carbocycles. The van der Waals surface area contributed by atoms with Gasteiger partial charge in [-0.15, -0.1) is 0 Å². The molecule has 4 nitrogen and oxygen atoms in total. The van der Waals surface area contributed by atoms with E-state index in [1.165, 1.54) is 12.1 Å². The van der Waals surface area contributed by atoms with Gasteiger partial charge in [-0.25, -0.2) is 9.18 Å². The van der Waals surface area contributed by atoms with Crippen LogP contribution in [0.25, 0.3) is 0 Å². The van der Waals surface area contributed by atoms with Gasteiger partial charge in [0.2, 0.25) is 0 Å². The molecule has 0 radical (unpaired) electrons. The second kappa shape index (κ2) is 7.31. The van der Waals surface area contributed by atoms with Gasteiger partial charge in [0.25, 0.3) is 0 Å². The Morgan fingerprint density at radius 1 is 1.47 bits per heavy atom. The highest BCUT2D eigenvalue weighted by atomic mass is 35.5. The van der Waals surface area contributed by atoms with Crippen LogP contribution in [0.5, 0.6) is 0 Å². The molecule has 1 rings (SSSR count). The summed E-state index contributed by atoms with van der Waals surface area (Å²) in [6.45, 7) is 3.83. The van der Waals surface area contributed by atoms with Crippen molar-refractivity contribution in [3.63, 3.8) is 0 Å². The molecule has 0 spiro atoms. The normalized spacial score (nSPS) is 12.3. The highest BCUT2D eigenvalue weighted by Crippen LogP contribution is 2.22. The summed E-state index contributed by atoms with van der Waals surface area (Å²) in [7, 11) is 0. The van der Waals surface area contributed by atoms with Crippen LogP contribution >= 0.6 is 11.6 Å². The molecule has 0 bridgehead atoms. The number of hydrogen-bond acceptors (Lipinski definition) is 2. The summed E-state index contributed by atoms with van der Waals surface area (Å²) in [4.78, 5) is 11.7. The Kier molecular flexibility index (Phi) is 6.05. The van der Waals surface area contributed by atoms with Crippen molar-refractivity contribution < 1.29 is 14.3 Å². The minimum atomic E-state index is -0.521. The first-order chi connectivity index (χ1) is 8.92. The molecule has 0 aliphatic rings. The van der Waals surface area contributed by atoms with E-state index in [2.05, 4.69) is 10.6 Å². The number of carbonyl (C=O) groups is 1. The molecule has 2 amide bonds. The molecule has 106 valence electrons. The van der Waals surface area contributed by atoms with E-state index in [1.54, 1.807) is 0 Å². The summed E-state index contributed by atoms with van der Waals surface area (Å²) in [5.41, 5.74) is 0.195. The van der Waals surface area contributed by atoms with Gasteiger partial charge >= 0.3 is 6.03 Å². The number of anilines is 1. The third-order valence-electron chi connectivity index (χ3n) is 2.49. The summed E-state index contributed by atoms with van der Waals surface area (Å²) in [6, 6.07) is 2.85. The molecule has 1 atom stereocenters.